The molecule has 668 valence electrons. The van der Waals surface area contributed by atoms with Gasteiger partial charge < -0.3 is 104 Å². The molecule has 8 atom stereocenters. The number of hydrogen-bond acceptors (Lipinski definition) is 20. The first kappa shape index (κ1) is 95.8. The van der Waals surface area contributed by atoms with Gasteiger partial charge in [-0.2, -0.15) is 0 Å². The number of aromatic amines is 2. The zero-order chi connectivity index (χ0) is 90.6. The number of nitrogens with zero attached hydrogens (tertiary/aromatic N) is 2. The van der Waals surface area contributed by atoms with Crippen LogP contribution in [0.15, 0.2) is 140 Å². The number of H-pyrrole nitrogens is 2. The highest BCUT2D eigenvalue weighted by molar-refractivity contribution is 8.00. The molecule has 0 radical (unpaired) electrons. The van der Waals surface area contributed by atoms with Crippen molar-refractivity contribution < 1.29 is 107 Å². The lowest BCUT2D eigenvalue weighted by Gasteiger charge is -2.26. The summed E-state index contributed by atoms with van der Waals surface area (Å²) >= 11 is 0.725. The molecule has 2 aliphatic heterocycles. The number of para-hydroxylation sites is 3. The average molecular weight is 1760 g/mol. The topological polar surface area (TPSA) is 577 Å². The summed E-state index contributed by atoms with van der Waals surface area (Å²) in [5.41, 5.74) is 12.2. The smallest absolute Gasteiger partial charge is 0.327 e. The Morgan fingerprint density at radius 1 is 0.476 bits per heavy atom. The van der Waals surface area contributed by atoms with E-state index in [1.165, 1.54) is 0 Å². The Labute approximate surface area is 727 Å². The van der Waals surface area contributed by atoms with Crippen LogP contribution in [0, 0.1) is 11.8 Å². The number of anilines is 1. The highest BCUT2D eigenvalue weighted by Crippen LogP contribution is 2.30. The number of carboxylic acid groups (broad SMARTS) is 4. The van der Waals surface area contributed by atoms with Crippen LogP contribution in [0.25, 0.3) is 21.8 Å². The van der Waals surface area contributed by atoms with Gasteiger partial charge in [-0.3, -0.25) is 67.2 Å². The summed E-state index contributed by atoms with van der Waals surface area (Å²) in [4.78, 5) is 232. The van der Waals surface area contributed by atoms with E-state index in [9.17, 15) is 96.8 Å². The van der Waals surface area contributed by atoms with Crippen molar-refractivity contribution >= 4 is 140 Å². The van der Waals surface area contributed by atoms with E-state index in [-0.39, 0.29) is 96.0 Å². The minimum absolute atomic E-state index is 0.00839. The van der Waals surface area contributed by atoms with Crippen LogP contribution in [0.5, 0.6) is 0 Å². The maximum atomic E-state index is 14.9. The van der Waals surface area contributed by atoms with Gasteiger partial charge in [-0.15, -0.1) is 11.8 Å². The number of hydrogen-bond donors (Lipinski definition) is 18. The van der Waals surface area contributed by atoms with Crippen molar-refractivity contribution in [3.63, 3.8) is 0 Å². The lowest BCUT2D eigenvalue weighted by molar-refractivity contribution is -0.146. The molecule has 38 nitrogen and oxygen atoms in total. The quantitative estimate of drug-likeness (QED) is 0.0146. The number of aliphatic carboxylic acids is 4. The first-order valence-electron chi connectivity index (χ1n) is 41.0. The molecule has 1 saturated heterocycles. The van der Waals surface area contributed by atoms with Gasteiger partial charge in [-0.1, -0.05) is 128 Å². The number of thioether (sulfide) groups is 1. The number of ether oxygens (including phenoxy) is 1. The van der Waals surface area contributed by atoms with E-state index in [1.807, 2.05) is 53.8 Å². The molecule has 5 aromatic carbocycles. The molecule has 1 fully saturated rings. The second-order valence-corrected chi connectivity index (χ2v) is 31.0. The number of carbonyl (C=O) groups excluding carboxylic acids is 13. The fourth-order valence-electron chi connectivity index (χ4n) is 14.0. The van der Waals surface area contributed by atoms with E-state index in [2.05, 4.69) is 75.0 Å². The van der Waals surface area contributed by atoms with Crippen molar-refractivity contribution in [1.29, 1.82) is 0 Å². The molecule has 126 heavy (non-hydrogen) atoms. The van der Waals surface area contributed by atoms with E-state index in [0.717, 1.165) is 22.9 Å². The summed E-state index contributed by atoms with van der Waals surface area (Å²) < 4.78 is 5.56. The second kappa shape index (κ2) is 48.7. The standard InChI is InChI=1S/C87H102N16O22S/c88-45-69(82(116)91-38-40-125-39-35-72(105)90-37-34-76(109)102-50-55-21-9-8-19-53(55)28-29-54-20-10-15-26-68(54)102)103-77(110)44-70(83(103)117)126-51-67(86(122)123)98-75(108)49-95-80(114)65(42-56-46-92-60-24-13-11-22-58(56)60)99-81(115)66(43-57-47-93-61-25-14-12-23-59(57)61)97-74(107)48-94-79(113)64(41-52-17-5-4-6-18-52)96-73(106)27-7-2-1-3-16-36-89-71(104)32-30-62(84(118)119)100-87(124)101-63(85(120)121)31-33-78(111)112/h4-6,8-15,17-26,46-47,62-67,69-70,92-93H,1-3,7,16,27,30-45,48-51,88H2,(H,89,104)(H,90,105)(H,91,116)(H,94,113)(H,95,114)(H,96,106)(H,97,107)(H,98,108)(H,99,115)(H,111,112)(H,118,119)(H,120,121)(H,122,123)(H2,100,101,124)/t62-,63-,64?,65?,66?,67?,69+,70?/m0/s1. The molecule has 0 spiro atoms. The normalized spacial score (nSPS) is 14.3. The third-order valence-corrected chi connectivity index (χ3v) is 21.9. The minimum atomic E-state index is -1.70. The molecule has 2 aromatic heterocycles. The molecule has 4 heterocycles. The van der Waals surface area contributed by atoms with Crippen LogP contribution < -0.4 is 69.1 Å². The molecular weight excluding hydrogens is 1650 g/mol. The van der Waals surface area contributed by atoms with E-state index < -0.39 is 181 Å². The van der Waals surface area contributed by atoms with Gasteiger partial charge in [0.1, 0.15) is 42.3 Å². The van der Waals surface area contributed by atoms with Crippen molar-refractivity contribution in [3.8, 4) is 11.8 Å². The summed E-state index contributed by atoms with van der Waals surface area (Å²) in [5.74, 6) is -8.36. The molecule has 9 rings (SSSR count). The lowest BCUT2D eigenvalue weighted by Crippen LogP contribution is -2.57. The fourth-order valence-corrected chi connectivity index (χ4v) is 15.1. The van der Waals surface area contributed by atoms with Gasteiger partial charge in [-0.25, -0.2) is 19.2 Å². The molecule has 19 N–H and O–H groups in total. The number of carboxylic acids is 4. The van der Waals surface area contributed by atoms with E-state index in [0.29, 0.717) is 93.3 Å². The van der Waals surface area contributed by atoms with Crippen LogP contribution in [0.3, 0.4) is 0 Å². The largest absolute Gasteiger partial charge is 0.481 e. The number of imide groups is 1. The molecule has 0 bridgehead atoms. The number of likely N-dealkylation sites (tertiary alicyclic amines) is 1. The van der Waals surface area contributed by atoms with Gasteiger partial charge in [0.15, 0.2) is 0 Å². The third kappa shape index (κ3) is 29.6. The second-order valence-electron chi connectivity index (χ2n) is 29.8. The lowest BCUT2D eigenvalue weighted by atomic mass is 10.0. The number of rotatable bonds is 51. The van der Waals surface area contributed by atoms with E-state index in [1.54, 1.807) is 96.2 Å². The zero-order valence-electron chi connectivity index (χ0n) is 68.8. The molecule has 0 saturated carbocycles. The Bertz CT molecular complexity index is 5170. The Morgan fingerprint density at radius 3 is 1.64 bits per heavy atom. The molecule has 39 heteroatoms. The van der Waals surface area contributed by atoms with Crippen LogP contribution in [-0.2, 0) is 107 Å². The van der Waals surface area contributed by atoms with Gasteiger partial charge in [0.05, 0.1) is 43.8 Å². The Kier molecular flexibility index (Phi) is 37.1. The van der Waals surface area contributed by atoms with Crippen LogP contribution in [0.4, 0.5) is 10.5 Å². The number of carbonyl (C=O) groups is 17. The van der Waals surface area contributed by atoms with Crippen molar-refractivity contribution in [1.82, 2.24) is 73.4 Å². The fraction of sp³-hybridized carbons (Fsp3) is 0.391. The molecule has 0 aliphatic carbocycles. The zero-order valence-corrected chi connectivity index (χ0v) is 69.6. The Hall–Kier alpha value is -14.0. The van der Waals surface area contributed by atoms with Crippen molar-refractivity contribution in [2.75, 3.05) is 63.1 Å². The van der Waals surface area contributed by atoms with Gasteiger partial charge in [0.2, 0.25) is 70.9 Å². The van der Waals surface area contributed by atoms with Gasteiger partial charge in [-0.05, 0) is 78.3 Å². The maximum Gasteiger partial charge on any atom is 0.327 e. The number of aromatic nitrogens is 2. The maximum absolute atomic E-state index is 14.9. The SMILES string of the molecule is NC[C@H](C(=O)NCCOCCC(=O)NCCC(=O)N1Cc2ccccc2C#Cc2ccccc21)N1C(=O)CC(SCC(NC(=O)CNC(=O)C(Cc2c[nH]c3ccccc23)NC(=O)C(Cc2c[nH]c3ccccc23)NC(=O)CNC(=O)C(Cc2ccccc2)NC(=O)CCCCCCCNC(=O)CC[C@H](NC(=O)N[C@@H](CCC(=O)O)C(=O)O)C(=O)O)C(=O)O)C1=O. The van der Waals surface area contributed by atoms with Crippen LogP contribution in [-0.4, -0.2) is 242 Å². The van der Waals surface area contributed by atoms with Gasteiger partial charge >= 0.3 is 29.9 Å². The molecule has 7 aromatic rings. The third-order valence-electron chi connectivity index (χ3n) is 20.6. The molecule has 2 aliphatic rings. The van der Waals surface area contributed by atoms with Crippen LogP contribution >= 0.6 is 11.8 Å². The summed E-state index contributed by atoms with van der Waals surface area (Å²) in [6, 6.07) is 26.3. The summed E-state index contributed by atoms with van der Waals surface area (Å²) in [6.45, 7) is -1.66. The van der Waals surface area contributed by atoms with Crippen molar-refractivity contribution in [2.45, 2.75) is 157 Å². The predicted octanol–water partition coefficient (Wildman–Crippen LogP) is 1.40. The number of fused-ring (bicyclic) bond motifs is 4. The molecule has 14 amide bonds. The number of nitrogens with two attached hydrogens (primary N) is 1. The number of amides is 14. The van der Waals surface area contributed by atoms with Gasteiger partial charge in [0, 0.05) is 135 Å². The number of benzene rings is 5. The first-order chi connectivity index (χ1) is 60.6. The van der Waals surface area contributed by atoms with Crippen molar-refractivity contribution in [2.24, 2.45) is 5.73 Å². The van der Waals surface area contributed by atoms with Crippen LogP contribution in [0.2, 0.25) is 0 Å². The Morgan fingerprint density at radius 2 is 1.01 bits per heavy atom. The summed E-state index contributed by atoms with van der Waals surface area (Å²) in [7, 11) is 0. The molecule has 5 unspecified atom stereocenters. The Balaban J connectivity index is 0.726. The van der Waals surface area contributed by atoms with E-state index >= 15 is 0 Å². The summed E-state index contributed by atoms with van der Waals surface area (Å²) in [5, 5.41) is 65.9. The predicted molar refractivity (Wildman–Crippen MR) is 459 cm³/mol. The number of unbranched alkanes of at least 4 members (excludes halogenated alkanes) is 4. The highest BCUT2D eigenvalue weighted by Gasteiger charge is 2.45. The first-order valence-corrected chi connectivity index (χ1v) is 42.1. The summed E-state index contributed by atoms with van der Waals surface area (Å²) in [6.07, 6.45) is 3.55. The van der Waals surface area contributed by atoms with Crippen LogP contribution in [0.1, 0.15) is 117 Å². The highest BCUT2D eigenvalue weighted by atomic mass is 32.2. The monoisotopic (exact) mass is 1750 g/mol. The number of nitrogens with one attached hydrogen (secondary N) is 13. The molecular formula is C87H102N16O22S. The van der Waals surface area contributed by atoms with Gasteiger partial charge in [0.25, 0.3) is 0 Å². The average Bonchev–Trinajstić information content (AvgIpc) is 1.33. The van der Waals surface area contributed by atoms with E-state index in [4.69, 9.17) is 15.6 Å². The van der Waals surface area contributed by atoms with Crippen molar-refractivity contribution in [3.05, 3.63) is 173 Å². The number of urea groups is 1. The minimum Gasteiger partial charge on any atom is -0.481 e.